The Labute approximate surface area is 183 Å². The summed E-state index contributed by atoms with van der Waals surface area (Å²) in [7, 11) is 1.70. The van der Waals surface area contributed by atoms with Crippen molar-refractivity contribution >= 4 is 41.0 Å². The van der Waals surface area contributed by atoms with Crippen molar-refractivity contribution in [1.29, 1.82) is 0 Å². The summed E-state index contributed by atoms with van der Waals surface area (Å²) < 4.78 is 10.8. The number of aryl methyl sites for hydroxylation is 1. The molecule has 1 N–H and O–H groups in total. The molecule has 0 saturated carbocycles. The molecule has 158 valence electrons. The van der Waals surface area contributed by atoms with Crippen LogP contribution in [0.4, 0.5) is 5.82 Å². The molecular weight excluding hydrogens is 426 g/mol. The van der Waals surface area contributed by atoms with Gasteiger partial charge >= 0.3 is 0 Å². The first-order valence-corrected chi connectivity index (χ1v) is 10.7. The van der Waals surface area contributed by atoms with Crippen LogP contribution in [0.5, 0.6) is 0 Å². The standard InChI is InChI=1S/C21H22ClN3O4S/c1-13-10-19(24-29-13)23-21(27)14(2)30-12-20(26)25(3)11-17-8-9-18(28-17)15-4-6-16(22)7-5-15/h4-10,14H,11-12H2,1-3H3,(H,23,24,27)/t14-/m1/s1. The van der Waals surface area contributed by atoms with Gasteiger partial charge in [0.1, 0.15) is 17.3 Å². The van der Waals surface area contributed by atoms with E-state index in [2.05, 4.69) is 10.5 Å². The molecule has 0 aliphatic heterocycles. The molecule has 3 aromatic rings. The van der Waals surface area contributed by atoms with Gasteiger partial charge in [-0.2, -0.15) is 0 Å². The Kier molecular flexibility index (Phi) is 7.23. The number of amides is 2. The maximum atomic E-state index is 12.4. The van der Waals surface area contributed by atoms with Crippen molar-refractivity contribution in [3.05, 3.63) is 59.0 Å². The average molecular weight is 448 g/mol. The Balaban J connectivity index is 1.47. The molecule has 0 unspecified atom stereocenters. The first-order valence-electron chi connectivity index (χ1n) is 9.26. The van der Waals surface area contributed by atoms with E-state index in [-0.39, 0.29) is 17.6 Å². The van der Waals surface area contributed by atoms with Crippen LogP contribution in [-0.2, 0) is 16.1 Å². The number of carbonyl (C=O) groups is 2. The number of benzene rings is 1. The molecule has 0 spiro atoms. The molecule has 9 heteroatoms. The molecule has 2 aromatic heterocycles. The second kappa shape index (κ2) is 9.86. The van der Waals surface area contributed by atoms with E-state index in [1.54, 1.807) is 44.0 Å². The van der Waals surface area contributed by atoms with E-state index in [0.29, 0.717) is 34.7 Å². The third kappa shape index (κ3) is 5.90. The molecule has 0 saturated heterocycles. The fraction of sp³-hybridized carbons (Fsp3) is 0.286. The number of nitrogens with one attached hydrogen (secondary N) is 1. The average Bonchev–Trinajstić information content (AvgIpc) is 3.35. The van der Waals surface area contributed by atoms with Crippen LogP contribution in [-0.4, -0.2) is 39.9 Å². The fourth-order valence-electron chi connectivity index (χ4n) is 2.59. The maximum Gasteiger partial charge on any atom is 0.238 e. The number of furan rings is 1. The van der Waals surface area contributed by atoms with E-state index in [0.717, 1.165) is 5.56 Å². The van der Waals surface area contributed by atoms with Gasteiger partial charge in [0.05, 0.1) is 17.5 Å². The third-order valence-corrected chi connectivity index (χ3v) is 5.69. The Morgan fingerprint density at radius 2 is 1.97 bits per heavy atom. The summed E-state index contributed by atoms with van der Waals surface area (Å²) in [6.45, 7) is 3.82. The van der Waals surface area contributed by atoms with E-state index in [9.17, 15) is 9.59 Å². The van der Waals surface area contributed by atoms with Crippen LogP contribution in [0, 0.1) is 6.92 Å². The molecule has 0 aliphatic carbocycles. The molecule has 3 rings (SSSR count). The lowest BCUT2D eigenvalue weighted by atomic mass is 10.2. The van der Waals surface area contributed by atoms with Gasteiger partial charge in [-0.25, -0.2) is 0 Å². The number of hydrogen-bond acceptors (Lipinski definition) is 6. The molecule has 0 aliphatic rings. The molecule has 1 aromatic carbocycles. The summed E-state index contributed by atoms with van der Waals surface area (Å²) in [5.74, 6) is 2.21. The summed E-state index contributed by atoms with van der Waals surface area (Å²) >= 11 is 7.17. The van der Waals surface area contributed by atoms with Gasteiger partial charge in [0, 0.05) is 23.7 Å². The molecule has 0 radical (unpaired) electrons. The van der Waals surface area contributed by atoms with Crippen molar-refractivity contribution in [2.75, 3.05) is 18.1 Å². The second-order valence-corrected chi connectivity index (χ2v) is 8.55. The van der Waals surface area contributed by atoms with Gasteiger partial charge in [0.2, 0.25) is 11.8 Å². The topological polar surface area (TPSA) is 88.6 Å². The number of hydrogen-bond donors (Lipinski definition) is 1. The molecule has 2 heterocycles. The van der Waals surface area contributed by atoms with Crippen LogP contribution in [0.3, 0.4) is 0 Å². The van der Waals surface area contributed by atoms with Crippen LogP contribution in [0.2, 0.25) is 5.02 Å². The molecule has 7 nitrogen and oxygen atoms in total. The largest absolute Gasteiger partial charge is 0.459 e. The Bertz CT molecular complexity index is 1020. The number of aromatic nitrogens is 1. The highest BCUT2D eigenvalue weighted by atomic mass is 35.5. The normalized spacial score (nSPS) is 11.9. The van der Waals surface area contributed by atoms with Gasteiger partial charge in [-0.05, 0) is 50.2 Å². The SMILES string of the molecule is Cc1cc(NC(=O)[C@@H](C)SCC(=O)N(C)Cc2ccc(-c3ccc(Cl)cc3)o2)no1. The number of nitrogens with zero attached hydrogens (tertiary/aromatic N) is 2. The number of carbonyl (C=O) groups excluding carboxylic acids is 2. The number of halogens is 1. The van der Waals surface area contributed by atoms with Crippen LogP contribution in [0.15, 0.2) is 51.4 Å². The molecule has 2 amide bonds. The highest BCUT2D eigenvalue weighted by molar-refractivity contribution is 8.01. The molecule has 1 atom stereocenters. The predicted octanol–water partition coefficient (Wildman–Crippen LogP) is 4.62. The lowest BCUT2D eigenvalue weighted by Crippen LogP contribution is -2.30. The quantitative estimate of drug-likeness (QED) is 0.542. The highest BCUT2D eigenvalue weighted by Crippen LogP contribution is 2.24. The van der Waals surface area contributed by atoms with Crippen molar-refractivity contribution in [3.63, 3.8) is 0 Å². The van der Waals surface area contributed by atoms with E-state index < -0.39 is 5.25 Å². The van der Waals surface area contributed by atoms with Crippen LogP contribution >= 0.6 is 23.4 Å². The summed E-state index contributed by atoms with van der Waals surface area (Å²) in [5.41, 5.74) is 0.914. The van der Waals surface area contributed by atoms with E-state index in [4.69, 9.17) is 20.5 Å². The lowest BCUT2D eigenvalue weighted by molar-refractivity contribution is -0.127. The zero-order chi connectivity index (χ0) is 21.7. The van der Waals surface area contributed by atoms with Crippen molar-refractivity contribution in [1.82, 2.24) is 10.1 Å². The van der Waals surface area contributed by atoms with Gasteiger partial charge in [-0.3, -0.25) is 9.59 Å². The first kappa shape index (κ1) is 22.0. The second-order valence-electron chi connectivity index (χ2n) is 6.79. The monoisotopic (exact) mass is 447 g/mol. The zero-order valence-electron chi connectivity index (χ0n) is 16.8. The predicted molar refractivity (Wildman–Crippen MR) is 117 cm³/mol. The van der Waals surface area contributed by atoms with E-state index in [1.807, 2.05) is 24.3 Å². The molecular formula is C21H22ClN3O4S. The Morgan fingerprint density at radius 3 is 2.63 bits per heavy atom. The van der Waals surface area contributed by atoms with Crippen LogP contribution < -0.4 is 5.32 Å². The molecule has 0 fully saturated rings. The minimum Gasteiger partial charge on any atom is -0.459 e. The summed E-state index contributed by atoms with van der Waals surface area (Å²) in [6, 6.07) is 12.7. The summed E-state index contributed by atoms with van der Waals surface area (Å²) in [5, 5.41) is 6.63. The van der Waals surface area contributed by atoms with E-state index >= 15 is 0 Å². The first-order chi connectivity index (χ1) is 14.3. The highest BCUT2D eigenvalue weighted by Gasteiger charge is 2.19. The van der Waals surface area contributed by atoms with Crippen molar-refractivity contribution < 1.29 is 18.5 Å². The van der Waals surface area contributed by atoms with Crippen LogP contribution in [0.25, 0.3) is 11.3 Å². The third-order valence-electron chi connectivity index (χ3n) is 4.31. The number of anilines is 1. The fourth-order valence-corrected chi connectivity index (χ4v) is 3.54. The van der Waals surface area contributed by atoms with Gasteiger partial charge < -0.3 is 19.2 Å². The van der Waals surface area contributed by atoms with Crippen LogP contribution in [0.1, 0.15) is 18.4 Å². The van der Waals surface area contributed by atoms with Gasteiger partial charge in [-0.1, -0.05) is 16.8 Å². The van der Waals surface area contributed by atoms with Gasteiger partial charge in [0.15, 0.2) is 5.82 Å². The smallest absolute Gasteiger partial charge is 0.238 e. The number of rotatable bonds is 8. The van der Waals surface area contributed by atoms with Crippen molar-refractivity contribution in [3.8, 4) is 11.3 Å². The molecule has 0 bridgehead atoms. The Morgan fingerprint density at radius 1 is 1.23 bits per heavy atom. The zero-order valence-corrected chi connectivity index (χ0v) is 18.4. The van der Waals surface area contributed by atoms with Crippen molar-refractivity contribution in [2.45, 2.75) is 25.6 Å². The minimum atomic E-state index is -0.417. The lowest BCUT2D eigenvalue weighted by Gasteiger charge is -2.17. The maximum absolute atomic E-state index is 12.4. The van der Waals surface area contributed by atoms with Gasteiger partial charge in [-0.15, -0.1) is 11.8 Å². The van der Waals surface area contributed by atoms with E-state index in [1.165, 1.54) is 11.8 Å². The van der Waals surface area contributed by atoms with Gasteiger partial charge in [0.25, 0.3) is 0 Å². The minimum absolute atomic E-state index is 0.0960. The summed E-state index contributed by atoms with van der Waals surface area (Å²) in [6.07, 6.45) is 0. The summed E-state index contributed by atoms with van der Waals surface area (Å²) in [4.78, 5) is 26.2. The number of thioether (sulfide) groups is 1. The van der Waals surface area contributed by atoms with Crippen molar-refractivity contribution in [2.24, 2.45) is 0 Å². The Hall–Kier alpha value is -2.71. The molecule has 30 heavy (non-hydrogen) atoms.